The second kappa shape index (κ2) is 12.4. The van der Waals surface area contributed by atoms with Gasteiger partial charge in [-0.1, -0.05) is 23.7 Å². The summed E-state index contributed by atoms with van der Waals surface area (Å²) in [7, 11) is 3.01. The van der Waals surface area contributed by atoms with Crippen LogP contribution >= 0.6 is 11.6 Å². The predicted molar refractivity (Wildman–Crippen MR) is 124 cm³/mol. The first-order chi connectivity index (χ1) is 15.7. The number of hydrogen-bond acceptors (Lipinski definition) is 6. The largest absolute Gasteiger partial charge is 0.483 e. The maximum atomic E-state index is 12.7. The van der Waals surface area contributed by atoms with Crippen LogP contribution in [0.3, 0.4) is 0 Å². The number of amides is 3. The monoisotopic (exact) mass is 475 g/mol. The van der Waals surface area contributed by atoms with Crippen molar-refractivity contribution in [2.24, 2.45) is 5.73 Å². The molecule has 0 unspecified atom stereocenters. The van der Waals surface area contributed by atoms with Crippen molar-refractivity contribution in [1.82, 2.24) is 16.0 Å². The van der Waals surface area contributed by atoms with Gasteiger partial charge in [-0.15, -0.1) is 0 Å². The van der Waals surface area contributed by atoms with Gasteiger partial charge in [-0.2, -0.15) is 0 Å². The van der Waals surface area contributed by atoms with Gasteiger partial charge < -0.3 is 31.2 Å². The fourth-order valence-corrected chi connectivity index (χ4v) is 2.95. The van der Waals surface area contributed by atoms with E-state index < -0.39 is 5.91 Å². The molecule has 0 saturated carbocycles. The van der Waals surface area contributed by atoms with E-state index in [1.165, 1.54) is 38.4 Å². The number of carbonyl (C=O) groups is 3. The molecule has 6 N–H and O–H groups in total. The predicted octanol–water partition coefficient (Wildman–Crippen LogP) is 1.06. The minimum absolute atomic E-state index is 0.0575. The average Bonchev–Trinajstić information content (AvgIpc) is 2.80. The number of halogens is 1. The topological polar surface area (TPSA) is 156 Å². The third kappa shape index (κ3) is 7.78. The second-order valence-electron chi connectivity index (χ2n) is 6.86. The van der Waals surface area contributed by atoms with E-state index >= 15 is 0 Å². The zero-order valence-corrected chi connectivity index (χ0v) is 19.0. The molecule has 2 aromatic rings. The second-order valence-corrected chi connectivity index (χ2v) is 7.29. The summed E-state index contributed by atoms with van der Waals surface area (Å²) in [4.78, 5) is 36.5. The number of methoxy groups -OCH3 is 1. The maximum absolute atomic E-state index is 12.7. The van der Waals surface area contributed by atoms with Crippen LogP contribution in [0.5, 0.6) is 5.75 Å². The van der Waals surface area contributed by atoms with Crippen LogP contribution in [0.25, 0.3) is 0 Å². The highest BCUT2D eigenvalue weighted by atomic mass is 35.5. The minimum atomic E-state index is -0.462. The van der Waals surface area contributed by atoms with E-state index in [1.807, 2.05) is 0 Å². The Kier molecular flexibility index (Phi) is 9.64. The Hall–Kier alpha value is -3.63. The van der Waals surface area contributed by atoms with Crippen LogP contribution in [0.2, 0.25) is 5.02 Å². The van der Waals surface area contributed by atoms with Gasteiger partial charge in [-0.25, -0.2) is 0 Å². The number of carbonyl (C=O) groups excluding carboxylic acids is 3. The highest BCUT2D eigenvalue weighted by Gasteiger charge is 2.14. The first-order valence-electron chi connectivity index (χ1n) is 9.91. The van der Waals surface area contributed by atoms with Gasteiger partial charge in [0, 0.05) is 54.5 Å². The molecule has 0 aliphatic carbocycles. The van der Waals surface area contributed by atoms with Crippen molar-refractivity contribution in [1.29, 1.82) is 5.41 Å². The molecule has 0 saturated heterocycles. The molecule has 0 heterocycles. The van der Waals surface area contributed by atoms with Gasteiger partial charge in [0.2, 0.25) is 0 Å². The summed E-state index contributed by atoms with van der Waals surface area (Å²) in [5.74, 6) is -1.04. The van der Waals surface area contributed by atoms with E-state index in [2.05, 4.69) is 16.0 Å². The van der Waals surface area contributed by atoms with Crippen LogP contribution in [-0.4, -0.2) is 57.5 Å². The van der Waals surface area contributed by atoms with Gasteiger partial charge in [0.05, 0.1) is 6.61 Å². The van der Waals surface area contributed by atoms with E-state index in [0.29, 0.717) is 30.0 Å². The average molecular weight is 476 g/mol. The lowest BCUT2D eigenvalue weighted by Gasteiger charge is -2.14. The fourth-order valence-electron chi connectivity index (χ4n) is 2.72. The van der Waals surface area contributed by atoms with Crippen molar-refractivity contribution >= 4 is 35.2 Å². The number of nitrogens with one attached hydrogen (secondary N) is 4. The van der Waals surface area contributed by atoms with Crippen molar-refractivity contribution in [2.75, 3.05) is 33.9 Å². The number of amidine groups is 1. The van der Waals surface area contributed by atoms with Crippen molar-refractivity contribution in [3.05, 3.63) is 63.7 Å². The maximum Gasteiger partial charge on any atom is 0.257 e. The molecule has 0 bridgehead atoms. The third-order valence-electron chi connectivity index (χ3n) is 4.47. The smallest absolute Gasteiger partial charge is 0.257 e. The van der Waals surface area contributed by atoms with Crippen molar-refractivity contribution in [3.8, 4) is 5.75 Å². The first kappa shape index (κ1) is 25.6. The van der Waals surface area contributed by atoms with Crippen LogP contribution in [0.15, 0.2) is 36.4 Å². The first-order valence-corrected chi connectivity index (χ1v) is 10.3. The van der Waals surface area contributed by atoms with Crippen LogP contribution in [0.4, 0.5) is 0 Å². The summed E-state index contributed by atoms with van der Waals surface area (Å²) in [5.41, 5.74) is 6.95. The molecule has 0 radical (unpaired) electrons. The lowest BCUT2D eigenvalue weighted by Crippen LogP contribution is -2.28. The van der Waals surface area contributed by atoms with Crippen molar-refractivity contribution < 1.29 is 23.9 Å². The van der Waals surface area contributed by atoms with Crippen LogP contribution < -0.4 is 26.4 Å². The Morgan fingerprint density at radius 3 is 2.30 bits per heavy atom. The SMILES string of the molecule is CNC(=O)COc1cc(C(=N)N)ccc1CNC(=O)c1cc(Cl)cc(C(=O)NCCOC)c1. The fraction of sp³-hybridized carbons (Fsp3) is 0.273. The van der Waals surface area contributed by atoms with Crippen LogP contribution in [0.1, 0.15) is 31.8 Å². The molecule has 0 spiro atoms. The molecule has 0 aliphatic heterocycles. The van der Waals surface area contributed by atoms with Crippen molar-refractivity contribution in [3.63, 3.8) is 0 Å². The molecule has 0 aromatic heterocycles. The summed E-state index contributed by atoms with van der Waals surface area (Å²) in [5, 5.41) is 15.7. The molecule has 0 aliphatic rings. The van der Waals surface area contributed by atoms with E-state index in [9.17, 15) is 14.4 Å². The van der Waals surface area contributed by atoms with Gasteiger partial charge in [0.15, 0.2) is 6.61 Å². The zero-order valence-electron chi connectivity index (χ0n) is 18.3. The van der Waals surface area contributed by atoms with Crippen LogP contribution in [0, 0.1) is 5.41 Å². The molecule has 0 fully saturated rings. The van der Waals surface area contributed by atoms with Gasteiger partial charge in [-0.3, -0.25) is 19.8 Å². The highest BCUT2D eigenvalue weighted by molar-refractivity contribution is 6.31. The third-order valence-corrected chi connectivity index (χ3v) is 4.69. The summed E-state index contributed by atoms with van der Waals surface area (Å²) in [6.07, 6.45) is 0. The number of nitrogen functional groups attached to an aromatic ring is 1. The molecule has 0 atom stereocenters. The summed E-state index contributed by atoms with van der Waals surface area (Å²) < 4.78 is 10.4. The quantitative estimate of drug-likeness (QED) is 0.186. The molecule has 3 amide bonds. The molecule has 33 heavy (non-hydrogen) atoms. The van der Waals surface area contributed by atoms with E-state index in [4.69, 9.17) is 32.2 Å². The van der Waals surface area contributed by atoms with Gasteiger partial charge in [0.1, 0.15) is 11.6 Å². The van der Waals surface area contributed by atoms with Crippen LogP contribution in [-0.2, 0) is 16.1 Å². The highest BCUT2D eigenvalue weighted by Crippen LogP contribution is 2.21. The van der Waals surface area contributed by atoms with E-state index in [-0.39, 0.29) is 47.0 Å². The zero-order chi connectivity index (χ0) is 24.4. The Balaban J connectivity index is 2.15. The summed E-state index contributed by atoms with van der Waals surface area (Å²) in [6.45, 7) is 0.488. The molecular weight excluding hydrogens is 450 g/mol. The number of rotatable bonds is 11. The van der Waals surface area contributed by atoms with Gasteiger partial charge in [0.25, 0.3) is 17.7 Å². The van der Waals surface area contributed by atoms with Gasteiger partial charge in [-0.05, 0) is 24.3 Å². The molecule has 2 aromatic carbocycles. The molecule has 176 valence electrons. The normalized spacial score (nSPS) is 10.3. The number of ether oxygens (including phenoxy) is 2. The Bertz CT molecular complexity index is 1040. The summed E-state index contributed by atoms with van der Waals surface area (Å²) >= 11 is 6.10. The number of likely N-dealkylation sites (N-methyl/N-ethyl adjacent to an activating group) is 1. The summed E-state index contributed by atoms with van der Waals surface area (Å²) in [6, 6.07) is 9.12. The lowest BCUT2D eigenvalue weighted by atomic mass is 10.1. The molecular formula is C22H26ClN5O5. The standard InChI is InChI=1S/C22H26ClN5O5/c1-26-19(29)12-33-18-10-13(20(24)25)3-4-14(18)11-28-22(31)16-7-15(8-17(23)9-16)21(30)27-5-6-32-2/h3-4,7-10H,5-6,11-12H2,1-2H3,(H3,24,25)(H,26,29)(H,27,30)(H,28,31). The Morgan fingerprint density at radius 2 is 1.70 bits per heavy atom. The van der Waals surface area contributed by atoms with Crippen molar-refractivity contribution in [2.45, 2.75) is 6.54 Å². The van der Waals surface area contributed by atoms with E-state index in [1.54, 1.807) is 12.1 Å². The molecule has 2 rings (SSSR count). The minimum Gasteiger partial charge on any atom is -0.483 e. The van der Waals surface area contributed by atoms with E-state index in [0.717, 1.165) is 0 Å². The Labute approximate surface area is 196 Å². The number of hydrogen-bond donors (Lipinski definition) is 5. The lowest BCUT2D eigenvalue weighted by molar-refractivity contribution is -0.122. The number of benzene rings is 2. The number of nitrogens with two attached hydrogens (primary N) is 1. The Morgan fingerprint density at radius 1 is 1.03 bits per heavy atom. The molecule has 10 nitrogen and oxygen atoms in total. The van der Waals surface area contributed by atoms with Gasteiger partial charge >= 0.3 is 0 Å². The molecule has 11 heteroatoms.